The number of hydrogen-bond donors (Lipinski definition) is 1. The Hall–Kier alpha value is -1.01. The Morgan fingerprint density at radius 3 is 2.24 bits per heavy atom. The summed E-state index contributed by atoms with van der Waals surface area (Å²) in [6.45, 7) is 12.0. The third kappa shape index (κ3) is 3.11. The normalized spacial score (nSPS) is 21.6. The largest absolute Gasteiger partial charge is 0.308 e. The number of aromatic nitrogens is 4. The molecule has 6 heteroatoms. The first-order chi connectivity index (χ1) is 10.0. The molecule has 2 heterocycles. The van der Waals surface area contributed by atoms with E-state index in [2.05, 4.69) is 53.3 Å². The summed E-state index contributed by atoms with van der Waals surface area (Å²) in [4.78, 5) is 4.14. The molecule has 1 saturated heterocycles. The summed E-state index contributed by atoms with van der Waals surface area (Å²) in [5.41, 5.74) is 0.420. The second-order valence-electron chi connectivity index (χ2n) is 6.32. The van der Waals surface area contributed by atoms with Crippen LogP contribution in [0.25, 0.3) is 0 Å². The van der Waals surface area contributed by atoms with Crippen molar-refractivity contribution in [2.24, 2.45) is 7.05 Å². The highest BCUT2D eigenvalue weighted by Gasteiger charge is 2.44. The Morgan fingerprint density at radius 1 is 1.10 bits per heavy atom. The third-order valence-corrected chi connectivity index (χ3v) is 5.51. The summed E-state index contributed by atoms with van der Waals surface area (Å²) < 4.78 is 0. The molecule has 0 aromatic carbocycles. The fourth-order valence-electron chi connectivity index (χ4n) is 3.50. The van der Waals surface area contributed by atoms with Crippen molar-refractivity contribution in [3.63, 3.8) is 0 Å². The summed E-state index contributed by atoms with van der Waals surface area (Å²) in [6, 6.07) is 0. The molecule has 120 valence electrons. The molecule has 1 aliphatic rings. The van der Waals surface area contributed by atoms with Crippen molar-refractivity contribution in [3.8, 4) is 0 Å². The Balaban J connectivity index is 2.24. The molecule has 1 aromatic rings. The van der Waals surface area contributed by atoms with E-state index in [1.165, 1.54) is 0 Å². The third-order valence-electron chi connectivity index (χ3n) is 5.51. The van der Waals surface area contributed by atoms with Crippen LogP contribution in [0.1, 0.15) is 59.2 Å². The summed E-state index contributed by atoms with van der Waals surface area (Å²) in [5, 5.41) is 16.4. The molecule has 0 spiro atoms. The number of piperazine rings is 1. The number of tetrazole rings is 1. The number of rotatable bonds is 6. The van der Waals surface area contributed by atoms with Gasteiger partial charge in [-0.25, -0.2) is 0 Å². The van der Waals surface area contributed by atoms with Crippen LogP contribution < -0.4 is 5.32 Å². The predicted octanol–water partition coefficient (Wildman–Crippen LogP) is 1.73. The molecule has 1 aliphatic heterocycles. The Labute approximate surface area is 128 Å². The molecule has 2 rings (SSSR count). The highest BCUT2D eigenvalue weighted by atomic mass is 15.6. The zero-order valence-electron chi connectivity index (χ0n) is 14.2. The van der Waals surface area contributed by atoms with Gasteiger partial charge in [0, 0.05) is 24.2 Å². The average molecular weight is 294 g/mol. The van der Waals surface area contributed by atoms with Crippen molar-refractivity contribution in [3.05, 3.63) is 5.82 Å². The molecule has 21 heavy (non-hydrogen) atoms. The van der Waals surface area contributed by atoms with Gasteiger partial charge in [0.05, 0.1) is 13.6 Å². The zero-order chi connectivity index (χ0) is 15.5. The molecule has 0 bridgehead atoms. The van der Waals surface area contributed by atoms with Gasteiger partial charge < -0.3 is 5.32 Å². The molecular weight excluding hydrogens is 264 g/mol. The fraction of sp³-hybridized carbons (Fsp3) is 0.933. The van der Waals surface area contributed by atoms with Crippen LogP contribution in [-0.2, 0) is 13.6 Å². The predicted molar refractivity (Wildman–Crippen MR) is 83.8 cm³/mol. The average Bonchev–Trinajstić information content (AvgIpc) is 2.92. The van der Waals surface area contributed by atoms with Gasteiger partial charge >= 0.3 is 0 Å². The van der Waals surface area contributed by atoms with Crippen LogP contribution in [0.5, 0.6) is 0 Å². The van der Waals surface area contributed by atoms with Crippen LogP contribution in [0.15, 0.2) is 0 Å². The van der Waals surface area contributed by atoms with Crippen LogP contribution in [0.2, 0.25) is 0 Å². The molecule has 1 fully saturated rings. The highest BCUT2D eigenvalue weighted by Crippen LogP contribution is 2.33. The van der Waals surface area contributed by atoms with Crippen molar-refractivity contribution in [2.45, 2.75) is 71.0 Å². The molecule has 0 radical (unpaired) electrons. The van der Waals surface area contributed by atoms with Crippen molar-refractivity contribution in [1.29, 1.82) is 0 Å². The summed E-state index contributed by atoms with van der Waals surface area (Å²) >= 11 is 0. The first kappa shape index (κ1) is 16.4. The lowest BCUT2D eigenvalue weighted by molar-refractivity contribution is -0.0127. The van der Waals surface area contributed by atoms with Gasteiger partial charge in [-0.2, -0.15) is 4.80 Å². The monoisotopic (exact) mass is 294 g/mol. The van der Waals surface area contributed by atoms with Crippen LogP contribution >= 0.6 is 0 Å². The maximum Gasteiger partial charge on any atom is 0.188 e. The number of hydrogen-bond acceptors (Lipinski definition) is 5. The van der Waals surface area contributed by atoms with Gasteiger partial charge in [0.15, 0.2) is 5.82 Å². The summed E-state index contributed by atoms with van der Waals surface area (Å²) in [5.74, 6) is 0.826. The number of aryl methyl sites for hydroxylation is 1. The van der Waals surface area contributed by atoms with E-state index >= 15 is 0 Å². The van der Waals surface area contributed by atoms with Gasteiger partial charge in [-0.3, -0.25) is 4.90 Å². The van der Waals surface area contributed by atoms with E-state index in [0.29, 0.717) is 0 Å². The van der Waals surface area contributed by atoms with Crippen molar-refractivity contribution in [2.75, 3.05) is 13.1 Å². The first-order valence-electron chi connectivity index (χ1n) is 8.26. The number of nitrogens with one attached hydrogen (secondary N) is 1. The summed E-state index contributed by atoms with van der Waals surface area (Å²) in [7, 11) is 1.82. The molecule has 0 aliphatic carbocycles. The van der Waals surface area contributed by atoms with E-state index in [-0.39, 0.29) is 11.1 Å². The SMILES string of the molecule is CCC1(CC)CN(Cc2nnn(C)n2)C(CC)(CC)CN1. The second kappa shape index (κ2) is 6.40. The zero-order valence-corrected chi connectivity index (χ0v) is 14.2. The lowest BCUT2D eigenvalue weighted by Gasteiger charge is -2.54. The van der Waals surface area contributed by atoms with Gasteiger partial charge in [-0.15, -0.1) is 10.2 Å². The van der Waals surface area contributed by atoms with Crippen LogP contribution in [-0.4, -0.2) is 49.3 Å². The highest BCUT2D eigenvalue weighted by molar-refractivity contribution is 5.04. The molecule has 1 aromatic heterocycles. The molecule has 0 atom stereocenters. The first-order valence-corrected chi connectivity index (χ1v) is 8.26. The van der Waals surface area contributed by atoms with Crippen LogP contribution in [0.4, 0.5) is 0 Å². The van der Waals surface area contributed by atoms with Gasteiger partial charge in [0.25, 0.3) is 0 Å². The quantitative estimate of drug-likeness (QED) is 0.866. The minimum Gasteiger partial charge on any atom is -0.308 e. The van der Waals surface area contributed by atoms with E-state index in [9.17, 15) is 0 Å². The topological polar surface area (TPSA) is 58.9 Å². The molecule has 1 N–H and O–H groups in total. The van der Waals surface area contributed by atoms with Crippen molar-refractivity contribution in [1.82, 2.24) is 30.4 Å². The molecule has 6 nitrogen and oxygen atoms in total. The second-order valence-corrected chi connectivity index (χ2v) is 6.32. The maximum atomic E-state index is 4.37. The van der Waals surface area contributed by atoms with E-state index in [1.54, 1.807) is 4.80 Å². The van der Waals surface area contributed by atoms with E-state index in [1.807, 2.05) is 7.05 Å². The molecule has 0 amide bonds. The van der Waals surface area contributed by atoms with Crippen LogP contribution in [0.3, 0.4) is 0 Å². The minimum absolute atomic E-state index is 0.201. The van der Waals surface area contributed by atoms with E-state index < -0.39 is 0 Å². The standard InChI is InChI=1S/C15H30N6/c1-6-14(7-2)12-21(10-13-17-19-20(5)18-13)15(8-3,9-4)11-16-14/h16H,6-12H2,1-5H3. The van der Waals surface area contributed by atoms with Gasteiger partial charge in [-0.05, 0) is 30.9 Å². The maximum absolute atomic E-state index is 4.37. The molecular formula is C15H30N6. The van der Waals surface area contributed by atoms with E-state index in [4.69, 9.17) is 0 Å². The number of nitrogens with zero attached hydrogens (tertiary/aromatic N) is 5. The van der Waals surface area contributed by atoms with Crippen LogP contribution in [0, 0.1) is 0 Å². The molecule has 0 unspecified atom stereocenters. The van der Waals surface area contributed by atoms with Crippen molar-refractivity contribution >= 4 is 0 Å². The Bertz CT molecular complexity index is 447. The van der Waals surface area contributed by atoms with Crippen molar-refractivity contribution < 1.29 is 0 Å². The van der Waals surface area contributed by atoms with E-state index in [0.717, 1.165) is 51.1 Å². The minimum atomic E-state index is 0.201. The Kier molecular flexibility index (Phi) is 4.99. The summed E-state index contributed by atoms with van der Waals surface area (Å²) in [6.07, 6.45) is 4.58. The van der Waals surface area contributed by atoms with Gasteiger partial charge in [-0.1, -0.05) is 27.7 Å². The van der Waals surface area contributed by atoms with Gasteiger partial charge in [0.2, 0.25) is 0 Å². The lowest BCUT2D eigenvalue weighted by Crippen LogP contribution is -2.69. The molecule has 0 saturated carbocycles. The lowest BCUT2D eigenvalue weighted by atomic mass is 9.80. The smallest absolute Gasteiger partial charge is 0.188 e. The van der Waals surface area contributed by atoms with Gasteiger partial charge in [0.1, 0.15) is 0 Å². The Morgan fingerprint density at radius 2 is 1.76 bits per heavy atom. The fourth-order valence-corrected chi connectivity index (χ4v) is 3.50.